The summed E-state index contributed by atoms with van der Waals surface area (Å²) in [5, 5.41) is 19.0. The number of nitrogens with one attached hydrogen (secondary N) is 1. The minimum atomic E-state index is -0.332. The predicted octanol–water partition coefficient (Wildman–Crippen LogP) is 4.18. The second-order valence-corrected chi connectivity index (χ2v) is 6.85. The topological polar surface area (TPSA) is 107 Å². The molecule has 0 spiro atoms. The molecule has 0 saturated heterocycles. The second kappa shape index (κ2) is 8.23. The third-order valence-corrected chi connectivity index (χ3v) is 4.54. The molecule has 146 valence electrons. The van der Waals surface area contributed by atoms with Gasteiger partial charge in [0.2, 0.25) is 23.6 Å². The van der Waals surface area contributed by atoms with Crippen molar-refractivity contribution in [3.63, 3.8) is 0 Å². The molecule has 4 rings (SSSR count). The standard InChI is InChI=1S/C19H14FN5O3S/c1-11(26)21-15-8-4-13(5-9-15)18-24-25-19(28-18)29-10-16-22-23-17(27-16)12-2-6-14(20)7-3-12/h2-9H,10H2,1H3,(H,21,26). The summed E-state index contributed by atoms with van der Waals surface area (Å²) in [7, 11) is 0. The molecule has 0 radical (unpaired) electrons. The summed E-state index contributed by atoms with van der Waals surface area (Å²) in [6, 6.07) is 12.9. The molecule has 0 fully saturated rings. The number of nitrogens with zero attached hydrogens (tertiary/aromatic N) is 4. The van der Waals surface area contributed by atoms with E-state index in [-0.39, 0.29) is 11.7 Å². The van der Waals surface area contributed by atoms with E-state index in [0.717, 1.165) is 5.56 Å². The zero-order chi connectivity index (χ0) is 20.2. The number of hydrogen-bond donors (Lipinski definition) is 1. The minimum Gasteiger partial charge on any atom is -0.420 e. The lowest BCUT2D eigenvalue weighted by molar-refractivity contribution is -0.114. The molecule has 0 aliphatic rings. The summed E-state index contributed by atoms with van der Waals surface area (Å²) in [5.41, 5.74) is 2.05. The predicted molar refractivity (Wildman–Crippen MR) is 103 cm³/mol. The summed E-state index contributed by atoms with van der Waals surface area (Å²) >= 11 is 1.26. The highest BCUT2D eigenvalue weighted by atomic mass is 32.2. The first-order valence-corrected chi connectivity index (χ1v) is 9.48. The number of halogens is 1. The van der Waals surface area contributed by atoms with Crippen LogP contribution in [0.4, 0.5) is 10.1 Å². The molecule has 2 aromatic carbocycles. The average Bonchev–Trinajstić information content (AvgIpc) is 3.37. The normalized spacial score (nSPS) is 10.8. The van der Waals surface area contributed by atoms with Gasteiger partial charge >= 0.3 is 0 Å². The number of benzene rings is 2. The van der Waals surface area contributed by atoms with E-state index in [4.69, 9.17) is 8.83 Å². The number of amides is 1. The van der Waals surface area contributed by atoms with Crippen LogP contribution in [0.3, 0.4) is 0 Å². The lowest BCUT2D eigenvalue weighted by atomic mass is 10.2. The van der Waals surface area contributed by atoms with Gasteiger partial charge < -0.3 is 14.2 Å². The van der Waals surface area contributed by atoms with Crippen LogP contribution in [-0.4, -0.2) is 26.3 Å². The Morgan fingerprint density at radius 3 is 2.24 bits per heavy atom. The van der Waals surface area contributed by atoms with Gasteiger partial charge in [0.15, 0.2) is 0 Å². The van der Waals surface area contributed by atoms with Gasteiger partial charge in [-0.15, -0.1) is 20.4 Å². The molecule has 0 aliphatic carbocycles. The van der Waals surface area contributed by atoms with Gasteiger partial charge in [0.05, 0.1) is 5.75 Å². The van der Waals surface area contributed by atoms with Crippen molar-refractivity contribution >= 4 is 23.4 Å². The lowest BCUT2D eigenvalue weighted by Crippen LogP contribution is -2.05. The Balaban J connectivity index is 1.38. The molecule has 1 amide bonds. The first-order valence-electron chi connectivity index (χ1n) is 8.49. The first-order chi connectivity index (χ1) is 14.1. The highest BCUT2D eigenvalue weighted by molar-refractivity contribution is 7.98. The number of carbonyl (C=O) groups excluding carboxylic acids is 1. The van der Waals surface area contributed by atoms with Gasteiger partial charge in [0.25, 0.3) is 5.22 Å². The zero-order valence-electron chi connectivity index (χ0n) is 15.1. The van der Waals surface area contributed by atoms with Gasteiger partial charge in [-0.3, -0.25) is 4.79 Å². The fourth-order valence-electron chi connectivity index (χ4n) is 2.43. The second-order valence-electron chi connectivity index (χ2n) is 5.93. The van der Waals surface area contributed by atoms with Crippen LogP contribution in [0.15, 0.2) is 62.6 Å². The van der Waals surface area contributed by atoms with Crippen LogP contribution in [0, 0.1) is 5.82 Å². The van der Waals surface area contributed by atoms with Crippen LogP contribution in [0.1, 0.15) is 12.8 Å². The van der Waals surface area contributed by atoms with E-state index < -0.39 is 0 Å². The maximum Gasteiger partial charge on any atom is 0.277 e. The van der Waals surface area contributed by atoms with E-state index in [1.54, 1.807) is 36.4 Å². The lowest BCUT2D eigenvalue weighted by Gasteiger charge is -2.01. The molecular formula is C19H14FN5O3S. The number of rotatable bonds is 6. The Morgan fingerprint density at radius 1 is 0.931 bits per heavy atom. The van der Waals surface area contributed by atoms with Gasteiger partial charge in [-0.25, -0.2) is 4.39 Å². The average molecular weight is 411 g/mol. The van der Waals surface area contributed by atoms with Crippen molar-refractivity contribution in [2.45, 2.75) is 17.9 Å². The number of anilines is 1. The van der Waals surface area contributed by atoms with Crippen molar-refractivity contribution in [2.24, 2.45) is 0 Å². The molecule has 2 aromatic heterocycles. The molecule has 10 heteroatoms. The van der Waals surface area contributed by atoms with Crippen molar-refractivity contribution in [1.29, 1.82) is 0 Å². The van der Waals surface area contributed by atoms with Gasteiger partial charge in [-0.1, -0.05) is 11.8 Å². The Hall–Kier alpha value is -3.53. The summed E-state index contributed by atoms with van der Waals surface area (Å²) in [6.45, 7) is 1.45. The van der Waals surface area contributed by atoms with Crippen LogP contribution in [0.25, 0.3) is 22.9 Å². The largest absolute Gasteiger partial charge is 0.420 e. The quantitative estimate of drug-likeness (QED) is 0.471. The summed E-state index contributed by atoms with van der Waals surface area (Å²) in [5.74, 6) is 0.926. The van der Waals surface area contributed by atoms with E-state index in [2.05, 4.69) is 25.7 Å². The molecule has 1 N–H and O–H groups in total. The monoisotopic (exact) mass is 411 g/mol. The van der Waals surface area contributed by atoms with Crippen LogP contribution >= 0.6 is 11.8 Å². The smallest absolute Gasteiger partial charge is 0.277 e. The maximum absolute atomic E-state index is 13.0. The van der Waals surface area contributed by atoms with Crippen LogP contribution in [0.2, 0.25) is 0 Å². The fraction of sp³-hybridized carbons (Fsp3) is 0.105. The van der Waals surface area contributed by atoms with Gasteiger partial charge in [-0.2, -0.15) is 0 Å². The Kier molecular flexibility index (Phi) is 5.34. The van der Waals surface area contributed by atoms with E-state index in [1.165, 1.54) is 30.8 Å². The molecule has 0 aliphatic heterocycles. The van der Waals surface area contributed by atoms with Crippen LogP contribution in [-0.2, 0) is 10.5 Å². The Morgan fingerprint density at radius 2 is 1.55 bits per heavy atom. The summed E-state index contributed by atoms with van der Waals surface area (Å²) in [6.07, 6.45) is 0. The number of thioether (sulfide) groups is 1. The summed E-state index contributed by atoms with van der Waals surface area (Å²) in [4.78, 5) is 11.1. The van der Waals surface area contributed by atoms with Crippen molar-refractivity contribution in [2.75, 3.05) is 5.32 Å². The van der Waals surface area contributed by atoms with Crippen LogP contribution < -0.4 is 5.32 Å². The fourth-order valence-corrected chi connectivity index (χ4v) is 3.03. The highest BCUT2D eigenvalue weighted by Crippen LogP contribution is 2.27. The third kappa shape index (κ3) is 4.66. The minimum absolute atomic E-state index is 0.141. The molecule has 0 atom stereocenters. The molecule has 2 heterocycles. The van der Waals surface area contributed by atoms with E-state index in [1.807, 2.05) is 0 Å². The van der Waals surface area contributed by atoms with Crippen LogP contribution in [0.5, 0.6) is 0 Å². The van der Waals surface area contributed by atoms with Crippen molar-refractivity contribution < 1.29 is 18.0 Å². The molecule has 29 heavy (non-hydrogen) atoms. The van der Waals surface area contributed by atoms with Crippen molar-refractivity contribution in [3.05, 3.63) is 60.2 Å². The van der Waals surface area contributed by atoms with Gasteiger partial charge in [-0.05, 0) is 48.5 Å². The third-order valence-electron chi connectivity index (χ3n) is 3.74. The number of hydrogen-bond acceptors (Lipinski definition) is 8. The Bertz CT molecular complexity index is 1130. The molecular weight excluding hydrogens is 397 g/mol. The van der Waals surface area contributed by atoms with Crippen molar-refractivity contribution in [1.82, 2.24) is 20.4 Å². The highest BCUT2D eigenvalue weighted by Gasteiger charge is 2.13. The number of carbonyl (C=O) groups is 1. The maximum atomic E-state index is 13.0. The molecule has 0 saturated carbocycles. The van der Waals surface area contributed by atoms with E-state index >= 15 is 0 Å². The van der Waals surface area contributed by atoms with Gasteiger partial charge in [0.1, 0.15) is 5.82 Å². The molecule has 0 bridgehead atoms. The van der Waals surface area contributed by atoms with Crippen molar-refractivity contribution in [3.8, 4) is 22.9 Å². The molecule has 4 aromatic rings. The SMILES string of the molecule is CC(=O)Nc1ccc(-c2nnc(SCc3nnc(-c4ccc(F)cc4)o3)o2)cc1. The molecule has 0 unspecified atom stereocenters. The molecule has 8 nitrogen and oxygen atoms in total. The zero-order valence-corrected chi connectivity index (χ0v) is 15.9. The van der Waals surface area contributed by atoms with E-state index in [0.29, 0.717) is 39.9 Å². The van der Waals surface area contributed by atoms with E-state index in [9.17, 15) is 9.18 Å². The van der Waals surface area contributed by atoms with Gasteiger partial charge in [0, 0.05) is 23.7 Å². The number of aromatic nitrogens is 4. The Labute approximate surface area is 168 Å². The summed E-state index contributed by atoms with van der Waals surface area (Å²) < 4.78 is 24.2. The first kappa shape index (κ1) is 18.8.